The topological polar surface area (TPSA) is 41.4 Å². The number of hydrogen-bond donors (Lipinski definition) is 0. The zero-order chi connectivity index (χ0) is 14.5. The van der Waals surface area contributed by atoms with E-state index in [1.807, 2.05) is 0 Å². The molecule has 0 bridgehead atoms. The van der Waals surface area contributed by atoms with Crippen LogP contribution in [0.15, 0.2) is 23.1 Å². The van der Waals surface area contributed by atoms with Gasteiger partial charge in [-0.3, -0.25) is 9.69 Å². The molecule has 0 atom stereocenters. The van der Waals surface area contributed by atoms with Crippen molar-refractivity contribution in [3.05, 3.63) is 28.7 Å². The largest absolute Gasteiger partial charge is 0.301 e. The molecule has 0 spiro atoms. The first kappa shape index (κ1) is 14.7. The third-order valence-electron chi connectivity index (χ3n) is 4.87. The summed E-state index contributed by atoms with van der Waals surface area (Å²) in [6, 6.07) is 3.27. The first-order valence-corrected chi connectivity index (χ1v) is 8.28. The van der Waals surface area contributed by atoms with Crippen LogP contribution in [0.2, 0.25) is 0 Å². The van der Waals surface area contributed by atoms with E-state index in [2.05, 4.69) is 14.9 Å². The average molecular weight is 290 g/mol. The van der Waals surface area contributed by atoms with Crippen molar-refractivity contribution in [1.29, 1.82) is 0 Å². The van der Waals surface area contributed by atoms with E-state index >= 15 is 0 Å². The first-order valence-electron chi connectivity index (χ1n) is 8.28. The highest BCUT2D eigenvalue weighted by molar-refractivity contribution is 4.85. The van der Waals surface area contributed by atoms with Crippen molar-refractivity contribution in [3.8, 4) is 0 Å². The van der Waals surface area contributed by atoms with Crippen LogP contribution in [-0.2, 0) is 6.54 Å². The van der Waals surface area contributed by atoms with Gasteiger partial charge in [-0.25, -0.2) is 4.68 Å². The van der Waals surface area contributed by atoms with Crippen molar-refractivity contribution in [2.45, 2.75) is 32.2 Å². The monoisotopic (exact) mass is 290 g/mol. The molecule has 0 N–H and O–H groups in total. The van der Waals surface area contributed by atoms with Crippen LogP contribution in [0.5, 0.6) is 0 Å². The van der Waals surface area contributed by atoms with E-state index in [1.54, 1.807) is 23.0 Å². The fourth-order valence-electron chi connectivity index (χ4n) is 3.54. The second-order valence-electron chi connectivity index (χ2n) is 6.38. The van der Waals surface area contributed by atoms with E-state index in [0.717, 1.165) is 25.6 Å². The van der Waals surface area contributed by atoms with E-state index in [9.17, 15) is 4.79 Å². The molecule has 1 aliphatic heterocycles. The van der Waals surface area contributed by atoms with Crippen molar-refractivity contribution in [3.63, 3.8) is 0 Å². The van der Waals surface area contributed by atoms with Crippen LogP contribution in [0.25, 0.3) is 0 Å². The van der Waals surface area contributed by atoms with Gasteiger partial charge in [0.15, 0.2) is 0 Å². The quantitative estimate of drug-likeness (QED) is 0.813. The molecule has 1 aromatic rings. The van der Waals surface area contributed by atoms with Gasteiger partial charge in [0.05, 0.1) is 6.54 Å². The fourth-order valence-corrected chi connectivity index (χ4v) is 3.54. The Kier molecular flexibility index (Phi) is 5.04. The average Bonchev–Trinajstić information content (AvgIpc) is 3.01. The van der Waals surface area contributed by atoms with E-state index in [1.165, 1.54) is 45.3 Å². The standard InChI is InChI=1S/C16H26N4O/c21-16-6-3-7-17-20(16)13-12-18-8-10-19(11-9-18)14-15-4-1-2-5-15/h3,6-7,15H,1-2,4-5,8-14H2. The molecule has 3 rings (SSSR count). The summed E-state index contributed by atoms with van der Waals surface area (Å²) in [7, 11) is 0. The molecule has 0 radical (unpaired) electrons. The second kappa shape index (κ2) is 7.18. The summed E-state index contributed by atoms with van der Waals surface area (Å²) in [5.41, 5.74) is -0.00244. The molecule has 5 heteroatoms. The Balaban J connectivity index is 1.39. The van der Waals surface area contributed by atoms with Gasteiger partial charge in [-0.05, 0) is 24.8 Å². The van der Waals surface area contributed by atoms with Crippen molar-refractivity contribution < 1.29 is 0 Å². The highest BCUT2D eigenvalue weighted by Crippen LogP contribution is 2.25. The molecular weight excluding hydrogens is 264 g/mol. The van der Waals surface area contributed by atoms with Gasteiger partial charge in [-0.15, -0.1) is 0 Å². The van der Waals surface area contributed by atoms with Crippen LogP contribution in [0, 0.1) is 5.92 Å². The maximum absolute atomic E-state index is 11.6. The lowest BCUT2D eigenvalue weighted by Crippen LogP contribution is -2.48. The van der Waals surface area contributed by atoms with Crippen molar-refractivity contribution in [2.75, 3.05) is 39.3 Å². The van der Waals surface area contributed by atoms with Gasteiger partial charge >= 0.3 is 0 Å². The number of aromatic nitrogens is 2. The predicted octanol–water partition coefficient (Wildman–Crippen LogP) is 1.05. The lowest BCUT2D eigenvalue weighted by atomic mass is 10.1. The first-order chi connectivity index (χ1) is 10.3. The van der Waals surface area contributed by atoms with Gasteiger partial charge in [0.2, 0.25) is 0 Å². The number of piperazine rings is 1. The Morgan fingerprint density at radius 3 is 2.48 bits per heavy atom. The molecule has 2 fully saturated rings. The normalized spacial score (nSPS) is 21.9. The van der Waals surface area contributed by atoms with E-state index in [0.29, 0.717) is 6.54 Å². The van der Waals surface area contributed by atoms with Crippen LogP contribution in [0.3, 0.4) is 0 Å². The smallest absolute Gasteiger partial charge is 0.266 e. The van der Waals surface area contributed by atoms with Gasteiger partial charge in [0.1, 0.15) is 0 Å². The van der Waals surface area contributed by atoms with Crippen LogP contribution in [0.4, 0.5) is 0 Å². The van der Waals surface area contributed by atoms with E-state index in [-0.39, 0.29) is 5.56 Å². The van der Waals surface area contributed by atoms with Gasteiger partial charge < -0.3 is 4.90 Å². The summed E-state index contributed by atoms with van der Waals surface area (Å²) in [5.74, 6) is 0.948. The lowest BCUT2D eigenvalue weighted by molar-refractivity contribution is 0.114. The minimum absolute atomic E-state index is 0.00244. The molecule has 116 valence electrons. The van der Waals surface area contributed by atoms with Gasteiger partial charge in [0.25, 0.3) is 5.56 Å². The van der Waals surface area contributed by atoms with Crippen LogP contribution < -0.4 is 5.56 Å². The van der Waals surface area contributed by atoms with Crippen LogP contribution >= 0.6 is 0 Å². The lowest BCUT2D eigenvalue weighted by Gasteiger charge is -2.35. The zero-order valence-corrected chi connectivity index (χ0v) is 12.8. The third kappa shape index (κ3) is 4.14. The summed E-state index contributed by atoms with van der Waals surface area (Å²) in [6.07, 6.45) is 7.42. The molecule has 0 aromatic carbocycles. The summed E-state index contributed by atoms with van der Waals surface area (Å²) < 4.78 is 1.56. The molecule has 2 heterocycles. The molecule has 1 aromatic heterocycles. The zero-order valence-electron chi connectivity index (χ0n) is 12.8. The van der Waals surface area contributed by atoms with Crippen molar-refractivity contribution in [2.24, 2.45) is 5.92 Å². The molecule has 1 saturated heterocycles. The Morgan fingerprint density at radius 2 is 1.76 bits per heavy atom. The maximum atomic E-state index is 11.6. The molecule has 5 nitrogen and oxygen atoms in total. The van der Waals surface area contributed by atoms with Gasteiger partial charge in [0, 0.05) is 51.5 Å². The van der Waals surface area contributed by atoms with E-state index in [4.69, 9.17) is 0 Å². The Morgan fingerprint density at radius 1 is 1.05 bits per heavy atom. The Labute approximate surface area is 126 Å². The molecule has 0 unspecified atom stereocenters. The third-order valence-corrected chi connectivity index (χ3v) is 4.87. The van der Waals surface area contributed by atoms with Crippen molar-refractivity contribution >= 4 is 0 Å². The summed E-state index contributed by atoms with van der Waals surface area (Å²) in [4.78, 5) is 16.7. The van der Waals surface area contributed by atoms with Crippen LogP contribution in [0.1, 0.15) is 25.7 Å². The minimum atomic E-state index is -0.00244. The van der Waals surface area contributed by atoms with Gasteiger partial charge in [-0.1, -0.05) is 12.8 Å². The molecular formula is C16H26N4O. The summed E-state index contributed by atoms with van der Waals surface area (Å²) in [6.45, 7) is 7.51. The van der Waals surface area contributed by atoms with Crippen LogP contribution in [-0.4, -0.2) is 58.8 Å². The highest BCUT2D eigenvalue weighted by Gasteiger charge is 2.22. The fraction of sp³-hybridized carbons (Fsp3) is 0.750. The molecule has 1 aliphatic carbocycles. The van der Waals surface area contributed by atoms with E-state index < -0.39 is 0 Å². The van der Waals surface area contributed by atoms with Crippen molar-refractivity contribution in [1.82, 2.24) is 19.6 Å². The predicted molar refractivity (Wildman–Crippen MR) is 83.3 cm³/mol. The second-order valence-corrected chi connectivity index (χ2v) is 6.38. The minimum Gasteiger partial charge on any atom is -0.301 e. The number of rotatable bonds is 5. The highest BCUT2D eigenvalue weighted by atomic mass is 16.1. The maximum Gasteiger partial charge on any atom is 0.266 e. The molecule has 1 saturated carbocycles. The number of nitrogens with zero attached hydrogens (tertiary/aromatic N) is 4. The summed E-state index contributed by atoms with van der Waals surface area (Å²) >= 11 is 0. The SMILES string of the molecule is O=c1cccnn1CCN1CCN(CC2CCCC2)CC1. The Hall–Kier alpha value is -1.20. The number of hydrogen-bond acceptors (Lipinski definition) is 4. The van der Waals surface area contributed by atoms with Gasteiger partial charge in [-0.2, -0.15) is 5.10 Å². The molecule has 2 aliphatic rings. The molecule has 0 amide bonds. The Bertz CT molecular complexity index is 487. The summed E-state index contributed by atoms with van der Waals surface area (Å²) in [5, 5.41) is 4.11. The molecule has 21 heavy (non-hydrogen) atoms.